The zero-order chi connectivity index (χ0) is 46.9. The van der Waals surface area contributed by atoms with Crippen LogP contribution in [0.2, 0.25) is 0 Å². The van der Waals surface area contributed by atoms with E-state index in [2.05, 4.69) is 31.7 Å². The third kappa shape index (κ3) is 15.5. The summed E-state index contributed by atoms with van der Waals surface area (Å²) in [7, 11) is 0. The first-order chi connectivity index (χ1) is 31.1. The second-order valence-electron chi connectivity index (χ2n) is 17.4. The van der Waals surface area contributed by atoms with Crippen molar-refractivity contribution in [2.45, 2.75) is 117 Å². The molecule has 0 bridgehead atoms. The van der Waals surface area contributed by atoms with Gasteiger partial charge < -0.3 is 26.2 Å². The van der Waals surface area contributed by atoms with Gasteiger partial charge in [-0.25, -0.2) is 23.6 Å². The molecular formula is C48H61F3IN7O5S. The molecule has 0 radical (unpaired) electrons. The number of aromatic nitrogens is 1. The topological polar surface area (TPSA) is 154 Å². The van der Waals surface area contributed by atoms with Crippen LogP contribution in [0.1, 0.15) is 113 Å². The second kappa shape index (κ2) is 25.4. The lowest BCUT2D eigenvalue weighted by molar-refractivity contribution is -0.143. The van der Waals surface area contributed by atoms with Crippen LogP contribution in [0.15, 0.2) is 60.1 Å². The Kier molecular flexibility index (Phi) is 20.0. The van der Waals surface area contributed by atoms with Gasteiger partial charge in [-0.15, -0.1) is 11.3 Å². The second-order valence-corrected chi connectivity index (χ2v) is 19.5. The highest BCUT2D eigenvalue weighted by Gasteiger charge is 2.41. The van der Waals surface area contributed by atoms with E-state index in [-0.39, 0.29) is 35.6 Å². The first-order valence-electron chi connectivity index (χ1n) is 22.3. The maximum Gasteiger partial charge on any atom is 0.277 e. The lowest BCUT2D eigenvalue weighted by atomic mass is 9.85. The first kappa shape index (κ1) is 51.4. The maximum absolute atomic E-state index is 14.7. The molecule has 12 nitrogen and oxygen atoms in total. The molecule has 3 aromatic carbocycles. The van der Waals surface area contributed by atoms with Crippen molar-refractivity contribution in [3.8, 4) is 10.4 Å². The number of nitrogens with one attached hydrogen (secondary N) is 5. The van der Waals surface area contributed by atoms with Crippen LogP contribution in [-0.4, -0.2) is 71.8 Å². The van der Waals surface area contributed by atoms with E-state index in [0.29, 0.717) is 42.5 Å². The number of hydrogen-bond donors (Lipinski definition) is 5. The first-order valence-corrected chi connectivity index (χ1v) is 24.3. The zero-order valence-corrected chi connectivity index (χ0v) is 40.6. The molecule has 0 spiro atoms. The number of aryl methyl sites for hydroxylation is 1. The summed E-state index contributed by atoms with van der Waals surface area (Å²) < 4.78 is 43.6. The largest absolute Gasteiger partial charge is 0.350 e. The summed E-state index contributed by atoms with van der Waals surface area (Å²) in [4.78, 5) is 65.5. The lowest BCUT2D eigenvalue weighted by Gasteiger charge is -2.35. The van der Waals surface area contributed by atoms with Gasteiger partial charge in [0, 0.05) is 23.1 Å². The number of thiazole rings is 1. The predicted molar refractivity (Wildman–Crippen MR) is 257 cm³/mol. The monoisotopic (exact) mass is 1030 g/mol. The van der Waals surface area contributed by atoms with Gasteiger partial charge in [-0.1, -0.05) is 77.1 Å². The Morgan fingerprint density at radius 1 is 0.908 bits per heavy atom. The van der Waals surface area contributed by atoms with Gasteiger partial charge in [0.15, 0.2) is 11.6 Å². The molecule has 2 atom stereocenters. The predicted octanol–water partition coefficient (Wildman–Crippen LogP) is 9.48. The molecular weight excluding hydrogens is 971 g/mol. The fraction of sp³-hybridized carbons (Fsp3) is 0.479. The Balaban J connectivity index is 0.901. The van der Waals surface area contributed by atoms with Crippen LogP contribution in [0.4, 0.5) is 24.5 Å². The summed E-state index contributed by atoms with van der Waals surface area (Å²) >= 11 is 3.52. The number of benzene rings is 3. The van der Waals surface area contributed by atoms with Crippen molar-refractivity contribution in [2.75, 3.05) is 31.6 Å². The van der Waals surface area contributed by atoms with Crippen LogP contribution >= 0.6 is 33.9 Å². The van der Waals surface area contributed by atoms with Crippen LogP contribution in [0.5, 0.6) is 0 Å². The molecule has 1 saturated heterocycles. The van der Waals surface area contributed by atoms with Crippen molar-refractivity contribution in [3.63, 3.8) is 0 Å². The Hall–Kier alpha value is -4.59. The molecule has 17 heteroatoms. The van der Waals surface area contributed by atoms with Crippen molar-refractivity contribution in [3.05, 3.63) is 98.0 Å². The van der Waals surface area contributed by atoms with Gasteiger partial charge in [0.05, 0.1) is 39.6 Å². The molecule has 65 heavy (non-hydrogen) atoms. The number of carbonyl (C=O) groups is 4. The minimum atomic E-state index is -1.31. The van der Waals surface area contributed by atoms with E-state index in [1.165, 1.54) is 12.1 Å². The van der Waals surface area contributed by atoms with Crippen molar-refractivity contribution in [2.24, 2.45) is 5.41 Å². The molecule has 1 aliphatic rings. The molecule has 1 aromatic heterocycles. The average Bonchev–Trinajstić information content (AvgIpc) is 3.95. The van der Waals surface area contributed by atoms with E-state index < -0.39 is 46.5 Å². The Morgan fingerprint density at radius 3 is 2.31 bits per heavy atom. The van der Waals surface area contributed by atoms with E-state index in [4.69, 9.17) is 4.84 Å². The SMILES string of the molecule is Cc1ncsc1-c1ccc(CNC(=O)[C@@H]2CCCN2C(=O)[C@@H](NC(=O)CCCCCCCCCNCCCONC(=O)c2ccc(F)c(F)c2Nc2ccc(I)cc2F)C(C)(C)C)cc1. The highest BCUT2D eigenvalue weighted by Crippen LogP contribution is 2.30. The number of amides is 4. The molecule has 0 aliphatic carbocycles. The van der Waals surface area contributed by atoms with Crippen molar-refractivity contribution in [1.82, 2.24) is 31.3 Å². The summed E-state index contributed by atoms with van der Waals surface area (Å²) in [5.41, 5.74) is 5.73. The van der Waals surface area contributed by atoms with Crippen LogP contribution in [0.25, 0.3) is 10.4 Å². The van der Waals surface area contributed by atoms with Crippen molar-refractivity contribution in [1.29, 1.82) is 0 Å². The number of hydrogen-bond acceptors (Lipinski definition) is 9. The van der Waals surface area contributed by atoms with E-state index >= 15 is 0 Å². The van der Waals surface area contributed by atoms with Crippen LogP contribution in [-0.2, 0) is 25.8 Å². The molecule has 0 saturated carbocycles. The number of rotatable bonds is 24. The summed E-state index contributed by atoms with van der Waals surface area (Å²) in [5, 5.41) is 11.9. The summed E-state index contributed by atoms with van der Waals surface area (Å²) in [6.07, 6.45) is 9.07. The van der Waals surface area contributed by atoms with Gasteiger partial charge >= 0.3 is 0 Å². The molecule has 1 aliphatic heterocycles. The fourth-order valence-electron chi connectivity index (χ4n) is 7.58. The summed E-state index contributed by atoms with van der Waals surface area (Å²) in [5.74, 6) is -4.54. The molecule has 4 aromatic rings. The van der Waals surface area contributed by atoms with E-state index in [1.807, 2.05) is 80.1 Å². The van der Waals surface area contributed by atoms with Crippen molar-refractivity contribution < 1.29 is 37.2 Å². The summed E-state index contributed by atoms with van der Waals surface area (Å²) in [6, 6.07) is 12.8. The fourth-order valence-corrected chi connectivity index (χ4v) is 8.85. The Morgan fingerprint density at radius 2 is 1.62 bits per heavy atom. The number of carbonyl (C=O) groups excluding carboxylic acids is 4. The Bertz CT molecular complexity index is 2220. The average molecular weight is 1030 g/mol. The normalized spacial score (nSPS) is 14.3. The molecule has 5 rings (SSSR count). The van der Waals surface area contributed by atoms with Gasteiger partial charge in [0.25, 0.3) is 5.91 Å². The van der Waals surface area contributed by atoms with Gasteiger partial charge in [-0.05, 0) is 122 Å². The lowest BCUT2D eigenvalue weighted by Crippen LogP contribution is -2.57. The number of likely N-dealkylation sites (tertiary alicyclic amines) is 1. The van der Waals surface area contributed by atoms with Gasteiger partial charge in [0.1, 0.15) is 17.9 Å². The van der Waals surface area contributed by atoms with E-state index in [9.17, 15) is 32.3 Å². The van der Waals surface area contributed by atoms with Gasteiger partial charge in [-0.2, -0.15) is 0 Å². The van der Waals surface area contributed by atoms with Gasteiger partial charge in [0.2, 0.25) is 17.7 Å². The van der Waals surface area contributed by atoms with Gasteiger partial charge in [-0.3, -0.25) is 24.0 Å². The third-order valence-electron chi connectivity index (χ3n) is 11.2. The standard InChI is InChI=1S/C48H61F3IN7O5S/c1-31-43(65-30-55-31)33-18-16-32(17-19-33)29-54-46(62)39-14-12-26-59(39)47(63)44(48(2,3)4)57-40(60)15-10-8-6-5-7-9-11-24-53-25-13-27-64-58-45(61)35-21-22-36(49)41(51)42(35)56-38-23-20-34(52)28-37(38)50/h16-23,28,30,39,44,53,56H,5-15,24-27,29H2,1-4H3,(H,54,62)(H,57,60)(H,58,61)/t39-,44+/m0/s1. The molecule has 0 unspecified atom stereocenters. The number of halogens is 4. The van der Waals surface area contributed by atoms with Crippen molar-refractivity contribution >= 4 is 68.9 Å². The number of anilines is 2. The molecule has 352 valence electrons. The summed E-state index contributed by atoms with van der Waals surface area (Å²) in [6.45, 7) is 10.3. The minimum Gasteiger partial charge on any atom is -0.350 e. The highest BCUT2D eigenvalue weighted by atomic mass is 127. The number of hydroxylamine groups is 1. The smallest absolute Gasteiger partial charge is 0.277 e. The quantitative estimate of drug-likeness (QED) is 0.0265. The van der Waals surface area contributed by atoms with Crippen LogP contribution < -0.4 is 26.7 Å². The molecule has 5 N–H and O–H groups in total. The minimum absolute atomic E-state index is 0.107. The zero-order valence-electron chi connectivity index (χ0n) is 37.6. The number of unbranched alkanes of at least 4 members (excludes halogenated alkanes) is 6. The van der Waals surface area contributed by atoms with E-state index in [1.54, 1.807) is 22.3 Å². The van der Waals surface area contributed by atoms with Crippen LogP contribution in [0.3, 0.4) is 0 Å². The number of nitrogens with zero attached hydrogens (tertiary/aromatic N) is 2. The van der Waals surface area contributed by atoms with E-state index in [0.717, 1.165) is 91.7 Å². The Labute approximate surface area is 397 Å². The molecule has 2 heterocycles. The highest BCUT2D eigenvalue weighted by molar-refractivity contribution is 14.1. The molecule has 4 amide bonds. The third-order valence-corrected chi connectivity index (χ3v) is 12.9. The molecule has 1 fully saturated rings. The maximum atomic E-state index is 14.7. The van der Waals surface area contributed by atoms with Crippen LogP contribution in [0, 0.1) is 33.4 Å².